The van der Waals surface area contributed by atoms with Gasteiger partial charge in [-0.3, -0.25) is 9.59 Å². The Morgan fingerprint density at radius 2 is 0.909 bits per heavy atom. The van der Waals surface area contributed by atoms with Gasteiger partial charge in [0.1, 0.15) is 23.0 Å². The van der Waals surface area contributed by atoms with E-state index in [1.807, 2.05) is 109 Å². The summed E-state index contributed by atoms with van der Waals surface area (Å²) in [4.78, 5) is 22.6. The molecular weight excluding hydrogens is 693 g/mol. The van der Waals surface area contributed by atoms with Gasteiger partial charge in [0.05, 0.1) is 58.2 Å². The lowest BCUT2D eigenvalue weighted by Gasteiger charge is -2.18. The van der Waals surface area contributed by atoms with Crippen molar-refractivity contribution in [1.29, 1.82) is 0 Å². The first-order valence-corrected chi connectivity index (χ1v) is 18.7. The number of carboxylic acid groups (broad SMARTS) is 1. The first-order chi connectivity index (χ1) is 26.7. The van der Waals surface area contributed by atoms with Crippen molar-refractivity contribution in [2.75, 3.05) is 33.5 Å². The number of hydrogen-bond acceptors (Lipinski definition) is 7. The molecule has 2 unspecified atom stereocenters. The fraction of sp³-hybridized carbons (Fsp3) is 0.362. The molecule has 6 rings (SSSR count). The average Bonchev–Trinajstić information content (AvgIpc) is 4.16. The molecule has 2 saturated carbocycles. The highest BCUT2D eigenvalue weighted by atomic mass is 16.5. The number of carbonyl (C=O) groups excluding carboxylic acids is 1. The van der Waals surface area contributed by atoms with Gasteiger partial charge in [-0.15, -0.1) is 11.8 Å². The molecule has 4 aromatic rings. The summed E-state index contributed by atoms with van der Waals surface area (Å²) in [5, 5.41) is 9.04. The monoisotopic (exact) mass is 742 g/mol. The van der Waals surface area contributed by atoms with E-state index in [2.05, 4.69) is 23.7 Å². The van der Waals surface area contributed by atoms with Crippen LogP contribution in [0, 0.1) is 34.5 Å². The van der Waals surface area contributed by atoms with Gasteiger partial charge >= 0.3 is 11.9 Å². The lowest BCUT2D eigenvalue weighted by molar-refractivity contribution is -0.141. The highest BCUT2D eigenvalue weighted by Gasteiger charge is 2.45. The van der Waals surface area contributed by atoms with E-state index in [-0.39, 0.29) is 41.5 Å². The van der Waals surface area contributed by atoms with Gasteiger partial charge in [-0.1, -0.05) is 72.5 Å². The standard InChI is InChI=1S/C24H26O4.C23H24O4/c1-3-7-20(16-23(25)26-2)19-10-12-22(13-11-19)28-18-24(14-15-24)17-27-21-8-5-4-6-9-21;1-2-6-19(15-22(24)25)18-9-11-21(12-10-18)27-17-23(13-14-23)16-26-20-7-4-3-5-8-20/h4-6,8-13,20H,14-18H2,1-2H3;3-5,7-12,19H,13-17H2,1H3,(H,24,25). The van der Waals surface area contributed by atoms with Crippen LogP contribution in [-0.2, 0) is 14.3 Å². The molecule has 4 aromatic carbocycles. The van der Waals surface area contributed by atoms with Gasteiger partial charge in [-0.2, -0.15) is 0 Å². The molecule has 0 bridgehead atoms. The molecule has 2 aliphatic rings. The minimum absolute atomic E-state index is 0.000972. The van der Waals surface area contributed by atoms with Crippen LogP contribution in [0.4, 0.5) is 0 Å². The Labute approximate surface area is 325 Å². The van der Waals surface area contributed by atoms with Crippen molar-refractivity contribution in [2.45, 2.75) is 64.2 Å². The van der Waals surface area contributed by atoms with Gasteiger partial charge in [0.25, 0.3) is 0 Å². The summed E-state index contributed by atoms with van der Waals surface area (Å²) in [5.41, 5.74) is 2.08. The van der Waals surface area contributed by atoms with Crippen LogP contribution in [0.3, 0.4) is 0 Å². The molecule has 0 amide bonds. The third kappa shape index (κ3) is 13.2. The van der Waals surface area contributed by atoms with Crippen LogP contribution >= 0.6 is 0 Å². The minimum Gasteiger partial charge on any atom is -0.493 e. The Morgan fingerprint density at radius 1 is 0.564 bits per heavy atom. The topological polar surface area (TPSA) is 101 Å². The Morgan fingerprint density at radius 3 is 1.22 bits per heavy atom. The van der Waals surface area contributed by atoms with E-state index in [0.717, 1.165) is 59.8 Å². The molecule has 0 spiro atoms. The Balaban J connectivity index is 0.000000211. The SMILES string of the molecule is CC#CC(CC(=O)O)c1ccc(OCC2(COc3ccccc3)CC2)cc1.CC#CC(CC(=O)OC)c1ccc(OCC2(COc3ccccc3)CC2)cc1. The first-order valence-electron chi connectivity index (χ1n) is 18.7. The number of para-hydroxylation sites is 2. The van der Waals surface area contributed by atoms with E-state index in [0.29, 0.717) is 26.4 Å². The summed E-state index contributed by atoms with van der Waals surface area (Å²) >= 11 is 0. The number of hydrogen-bond donors (Lipinski definition) is 1. The first kappa shape index (κ1) is 40.3. The molecule has 2 fully saturated rings. The molecule has 0 saturated heterocycles. The summed E-state index contributed by atoms with van der Waals surface area (Å²) in [6.07, 6.45) is 4.68. The maximum atomic E-state index is 11.6. The summed E-state index contributed by atoms with van der Waals surface area (Å²) < 4.78 is 28.5. The third-order valence-corrected chi connectivity index (χ3v) is 9.76. The second-order valence-corrected chi connectivity index (χ2v) is 14.2. The quantitative estimate of drug-likeness (QED) is 0.0797. The summed E-state index contributed by atoms with van der Waals surface area (Å²) in [5.74, 6) is 13.5. The smallest absolute Gasteiger partial charge is 0.307 e. The van der Waals surface area contributed by atoms with Gasteiger partial charge in [0.2, 0.25) is 0 Å². The maximum Gasteiger partial charge on any atom is 0.307 e. The predicted octanol–water partition coefficient (Wildman–Crippen LogP) is 9.10. The fourth-order valence-electron chi connectivity index (χ4n) is 5.86. The maximum absolute atomic E-state index is 11.6. The largest absolute Gasteiger partial charge is 0.493 e. The van der Waals surface area contributed by atoms with Crippen LogP contribution in [0.25, 0.3) is 0 Å². The number of benzene rings is 4. The second-order valence-electron chi connectivity index (χ2n) is 14.2. The lowest BCUT2D eigenvalue weighted by atomic mass is 9.96. The lowest BCUT2D eigenvalue weighted by Crippen LogP contribution is -2.21. The van der Waals surface area contributed by atoms with Crippen LogP contribution < -0.4 is 18.9 Å². The van der Waals surface area contributed by atoms with E-state index in [1.165, 1.54) is 7.11 Å². The van der Waals surface area contributed by atoms with E-state index in [4.69, 9.17) is 28.8 Å². The van der Waals surface area contributed by atoms with Crippen molar-refractivity contribution in [1.82, 2.24) is 0 Å². The third-order valence-electron chi connectivity index (χ3n) is 9.76. The Kier molecular flexibility index (Phi) is 14.7. The zero-order chi connectivity index (χ0) is 38.9. The summed E-state index contributed by atoms with van der Waals surface area (Å²) in [6.45, 7) is 6.07. The number of methoxy groups -OCH3 is 1. The van der Waals surface area contributed by atoms with Crippen LogP contribution in [0.15, 0.2) is 109 Å². The molecule has 2 atom stereocenters. The minimum atomic E-state index is -0.850. The van der Waals surface area contributed by atoms with Crippen molar-refractivity contribution >= 4 is 11.9 Å². The van der Waals surface area contributed by atoms with Crippen LogP contribution in [-0.4, -0.2) is 50.6 Å². The number of aliphatic carboxylic acids is 1. The molecule has 0 aromatic heterocycles. The van der Waals surface area contributed by atoms with E-state index >= 15 is 0 Å². The Hall–Kier alpha value is -5.86. The number of carbonyl (C=O) groups is 2. The van der Waals surface area contributed by atoms with Gasteiger partial charge < -0.3 is 28.8 Å². The highest BCUT2D eigenvalue weighted by Crippen LogP contribution is 2.47. The zero-order valence-electron chi connectivity index (χ0n) is 31.9. The molecule has 286 valence electrons. The molecule has 0 radical (unpaired) electrons. The summed E-state index contributed by atoms with van der Waals surface area (Å²) in [7, 11) is 1.39. The normalized spacial score (nSPS) is 15.0. The van der Waals surface area contributed by atoms with Gasteiger partial charge in [-0.25, -0.2) is 0 Å². The van der Waals surface area contributed by atoms with E-state index < -0.39 is 5.97 Å². The number of ether oxygens (including phenoxy) is 5. The zero-order valence-corrected chi connectivity index (χ0v) is 31.9. The Bertz CT molecular complexity index is 1930. The van der Waals surface area contributed by atoms with Crippen molar-refractivity contribution in [3.05, 3.63) is 120 Å². The average molecular weight is 743 g/mol. The van der Waals surface area contributed by atoms with Crippen LogP contribution in [0.5, 0.6) is 23.0 Å². The molecule has 8 heteroatoms. The van der Waals surface area contributed by atoms with E-state index in [1.54, 1.807) is 13.8 Å². The number of rotatable bonds is 18. The fourth-order valence-corrected chi connectivity index (χ4v) is 5.86. The van der Waals surface area contributed by atoms with Crippen molar-refractivity contribution in [3.63, 3.8) is 0 Å². The van der Waals surface area contributed by atoms with Crippen LogP contribution in [0.1, 0.15) is 75.3 Å². The predicted molar refractivity (Wildman–Crippen MR) is 212 cm³/mol. The van der Waals surface area contributed by atoms with Crippen molar-refractivity contribution in [2.24, 2.45) is 10.8 Å². The number of carboxylic acids is 1. The van der Waals surface area contributed by atoms with E-state index in [9.17, 15) is 9.59 Å². The van der Waals surface area contributed by atoms with Gasteiger partial charge in [0, 0.05) is 10.8 Å². The molecule has 0 heterocycles. The molecule has 8 nitrogen and oxygen atoms in total. The van der Waals surface area contributed by atoms with Crippen LogP contribution in [0.2, 0.25) is 0 Å². The van der Waals surface area contributed by atoms with Gasteiger partial charge in [-0.05, 0) is 99.2 Å². The highest BCUT2D eigenvalue weighted by molar-refractivity contribution is 5.71. The van der Waals surface area contributed by atoms with Crippen molar-refractivity contribution in [3.8, 4) is 46.7 Å². The molecule has 55 heavy (non-hydrogen) atoms. The molecular formula is C47H50O8. The second kappa shape index (κ2) is 20.0. The summed E-state index contributed by atoms with van der Waals surface area (Å²) in [6, 6.07) is 35.1. The number of esters is 1. The van der Waals surface area contributed by atoms with Gasteiger partial charge in [0.15, 0.2) is 0 Å². The molecule has 1 N–H and O–H groups in total. The molecule has 0 aliphatic heterocycles. The molecule has 2 aliphatic carbocycles. The van der Waals surface area contributed by atoms with Crippen molar-refractivity contribution < 1.29 is 38.4 Å².